The van der Waals surface area contributed by atoms with E-state index >= 15 is 0 Å². The van der Waals surface area contributed by atoms with E-state index in [1.165, 1.54) is 12.0 Å². The predicted octanol–water partition coefficient (Wildman–Crippen LogP) is 2.52. The lowest BCUT2D eigenvalue weighted by molar-refractivity contribution is -0.145. The van der Waals surface area contributed by atoms with Crippen molar-refractivity contribution in [1.82, 2.24) is 5.16 Å². The highest BCUT2D eigenvalue weighted by Crippen LogP contribution is 2.32. The molecule has 2 aromatic rings. The maximum Gasteiger partial charge on any atom is 0.311 e. The molecule has 1 aromatic carbocycles. The molecular formula is C15H13ClN2O4. The molecule has 1 amide bonds. The summed E-state index contributed by atoms with van der Waals surface area (Å²) in [5.74, 6) is -0.781. The van der Waals surface area contributed by atoms with Crippen LogP contribution in [0.5, 0.6) is 0 Å². The van der Waals surface area contributed by atoms with Crippen molar-refractivity contribution in [1.29, 1.82) is 0 Å². The van der Waals surface area contributed by atoms with Crippen molar-refractivity contribution in [2.45, 2.75) is 6.42 Å². The molecule has 1 aliphatic rings. The van der Waals surface area contributed by atoms with Gasteiger partial charge in [-0.05, 0) is 6.07 Å². The third kappa shape index (κ3) is 2.57. The zero-order valence-corrected chi connectivity index (χ0v) is 12.5. The Hall–Kier alpha value is -2.34. The summed E-state index contributed by atoms with van der Waals surface area (Å²) in [6, 6.07) is 8.85. The molecule has 6 nitrogen and oxygen atoms in total. The normalized spacial score (nSPS) is 17.8. The van der Waals surface area contributed by atoms with Gasteiger partial charge in [-0.25, -0.2) is 0 Å². The van der Waals surface area contributed by atoms with Crippen LogP contribution >= 0.6 is 11.6 Å². The molecule has 7 heteroatoms. The largest absolute Gasteiger partial charge is 0.469 e. The van der Waals surface area contributed by atoms with Gasteiger partial charge in [0.05, 0.1) is 18.1 Å². The fourth-order valence-corrected chi connectivity index (χ4v) is 2.67. The zero-order valence-electron chi connectivity index (χ0n) is 11.8. The molecule has 1 fully saturated rings. The van der Waals surface area contributed by atoms with E-state index in [0.717, 1.165) is 5.56 Å². The fraction of sp³-hybridized carbons (Fsp3) is 0.267. The predicted molar refractivity (Wildman–Crippen MR) is 79.4 cm³/mol. The van der Waals surface area contributed by atoms with Crippen LogP contribution in [0.3, 0.4) is 0 Å². The quantitative estimate of drug-likeness (QED) is 0.812. The van der Waals surface area contributed by atoms with Crippen LogP contribution in [0.1, 0.15) is 6.42 Å². The number of ether oxygens (including phenoxy) is 1. The first-order valence-corrected chi connectivity index (χ1v) is 7.07. The van der Waals surface area contributed by atoms with Crippen molar-refractivity contribution < 1.29 is 18.8 Å². The van der Waals surface area contributed by atoms with Crippen molar-refractivity contribution in [3.63, 3.8) is 0 Å². The topological polar surface area (TPSA) is 72.6 Å². The van der Waals surface area contributed by atoms with Crippen molar-refractivity contribution >= 4 is 29.4 Å². The Bertz CT molecular complexity index is 728. The van der Waals surface area contributed by atoms with Gasteiger partial charge in [-0.2, -0.15) is 0 Å². The Morgan fingerprint density at radius 3 is 2.95 bits per heavy atom. The van der Waals surface area contributed by atoms with Crippen LogP contribution in [0.15, 0.2) is 34.9 Å². The molecule has 114 valence electrons. The number of esters is 1. The lowest BCUT2D eigenvalue weighted by Crippen LogP contribution is -2.25. The number of halogens is 1. The molecular weight excluding hydrogens is 308 g/mol. The second-order valence-electron chi connectivity index (χ2n) is 4.96. The van der Waals surface area contributed by atoms with E-state index in [9.17, 15) is 9.59 Å². The standard InChI is InChI=1S/C15H13ClN2O4/c1-21-15(20)9-6-13(19)18(8-9)14-7-12(17-22-14)10-4-2-3-5-11(10)16/h2-5,7,9H,6,8H2,1H3. The van der Waals surface area contributed by atoms with E-state index in [4.69, 9.17) is 16.1 Å². The zero-order chi connectivity index (χ0) is 15.7. The van der Waals surface area contributed by atoms with Gasteiger partial charge in [0.15, 0.2) is 0 Å². The van der Waals surface area contributed by atoms with Gasteiger partial charge in [-0.15, -0.1) is 0 Å². The van der Waals surface area contributed by atoms with Crippen LogP contribution in [0.4, 0.5) is 5.88 Å². The summed E-state index contributed by atoms with van der Waals surface area (Å²) in [5.41, 5.74) is 1.25. The van der Waals surface area contributed by atoms with Gasteiger partial charge >= 0.3 is 5.97 Å². The number of rotatable bonds is 3. The summed E-state index contributed by atoms with van der Waals surface area (Å²) < 4.78 is 9.91. The fourth-order valence-electron chi connectivity index (χ4n) is 2.43. The second kappa shape index (κ2) is 5.81. The molecule has 0 spiro atoms. The number of aromatic nitrogens is 1. The van der Waals surface area contributed by atoms with E-state index < -0.39 is 11.9 Å². The Morgan fingerprint density at radius 1 is 1.45 bits per heavy atom. The number of methoxy groups -OCH3 is 1. The van der Waals surface area contributed by atoms with Gasteiger partial charge in [0.1, 0.15) is 5.69 Å². The van der Waals surface area contributed by atoms with Gasteiger partial charge in [-0.1, -0.05) is 35.0 Å². The molecule has 1 unspecified atom stereocenters. The molecule has 1 saturated heterocycles. The first-order chi connectivity index (χ1) is 10.6. The highest BCUT2D eigenvalue weighted by molar-refractivity contribution is 6.33. The minimum absolute atomic E-state index is 0.106. The highest BCUT2D eigenvalue weighted by Gasteiger charge is 2.37. The number of benzene rings is 1. The number of hydrogen-bond acceptors (Lipinski definition) is 5. The summed E-state index contributed by atoms with van der Waals surface area (Å²) in [7, 11) is 1.30. The molecule has 22 heavy (non-hydrogen) atoms. The molecule has 3 rings (SSSR count). The third-order valence-electron chi connectivity index (χ3n) is 3.57. The highest BCUT2D eigenvalue weighted by atomic mass is 35.5. The number of carbonyl (C=O) groups is 2. The number of hydrogen-bond donors (Lipinski definition) is 0. The van der Waals surface area contributed by atoms with Gasteiger partial charge in [0, 0.05) is 24.6 Å². The van der Waals surface area contributed by atoms with Crippen molar-refractivity contribution in [3.8, 4) is 11.3 Å². The van der Waals surface area contributed by atoms with E-state index in [-0.39, 0.29) is 18.9 Å². The van der Waals surface area contributed by atoms with Crippen molar-refractivity contribution in [2.24, 2.45) is 5.92 Å². The summed E-state index contributed by atoms with van der Waals surface area (Å²) in [4.78, 5) is 25.0. The Labute approximate surface area is 131 Å². The molecule has 1 aromatic heterocycles. The van der Waals surface area contributed by atoms with Crippen LogP contribution in [0.2, 0.25) is 5.02 Å². The average molecular weight is 321 g/mol. The Balaban J connectivity index is 1.84. The number of anilines is 1. The van der Waals surface area contributed by atoms with Crippen LogP contribution < -0.4 is 4.90 Å². The molecule has 2 heterocycles. The molecule has 0 bridgehead atoms. The molecule has 1 atom stereocenters. The smallest absolute Gasteiger partial charge is 0.311 e. The van der Waals surface area contributed by atoms with E-state index in [1.807, 2.05) is 18.2 Å². The molecule has 0 aliphatic carbocycles. The molecule has 0 saturated carbocycles. The van der Waals surface area contributed by atoms with Crippen LogP contribution in [0, 0.1) is 5.92 Å². The van der Waals surface area contributed by atoms with Crippen molar-refractivity contribution in [2.75, 3.05) is 18.6 Å². The summed E-state index contributed by atoms with van der Waals surface area (Å²) in [6.07, 6.45) is 0.106. The Kier molecular flexibility index (Phi) is 3.85. The lowest BCUT2D eigenvalue weighted by atomic mass is 10.1. The first kappa shape index (κ1) is 14.6. The Morgan fingerprint density at radius 2 is 2.23 bits per heavy atom. The number of carbonyl (C=O) groups excluding carboxylic acids is 2. The third-order valence-corrected chi connectivity index (χ3v) is 3.90. The van der Waals surface area contributed by atoms with Gasteiger partial charge in [-0.3, -0.25) is 14.5 Å². The van der Waals surface area contributed by atoms with Gasteiger partial charge < -0.3 is 9.26 Å². The van der Waals surface area contributed by atoms with Gasteiger partial charge in [0.2, 0.25) is 11.8 Å². The summed E-state index contributed by atoms with van der Waals surface area (Å²) in [6.45, 7) is 0.225. The van der Waals surface area contributed by atoms with E-state index in [0.29, 0.717) is 16.6 Å². The average Bonchev–Trinajstić information content (AvgIpc) is 3.13. The first-order valence-electron chi connectivity index (χ1n) is 6.70. The minimum atomic E-state index is -0.480. The summed E-state index contributed by atoms with van der Waals surface area (Å²) in [5, 5.41) is 4.49. The number of amides is 1. The SMILES string of the molecule is COC(=O)C1CC(=O)N(c2cc(-c3ccccc3Cl)no2)C1. The second-order valence-corrected chi connectivity index (χ2v) is 5.37. The summed E-state index contributed by atoms with van der Waals surface area (Å²) >= 11 is 6.12. The monoisotopic (exact) mass is 320 g/mol. The molecule has 0 N–H and O–H groups in total. The van der Waals surface area contributed by atoms with E-state index in [2.05, 4.69) is 9.89 Å². The molecule has 0 radical (unpaired) electrons. The minimum Gasteiger partial charge on any atom is -0.469 e. The van der Waals surface area contributed by atoms with Crippen molar-refractivity contribution in [3.05, 3.63) is 35.4 Å². The lowest BCUT2D eigenvalue weighted by Gasteiger charge is -2.10. The number of nitrogens with zero attached hydrogens (tertiary/aromatic N) is 2. The molecule has 1 aliphatic heterocycles. The van der Waals surface area contributed by atoms with E-state index in [1.54, 1.807) is 12.1 Å². The maximum absolute atomic E-state index is 12.0. The van der Waals surface area contributed by atoms with Crippen LogP contribution in [0.25, 0.3) is 11.3 Å². The van der Waals surface area contributed by atoms with Gasteiger partial charge in [0.25, 0.3) is 0 Å². The van der Waals surface area contributed by atoms with Crippen LogP contribution in [-0.4, -0.2) is 30.7 Å². The maximum atomic E-state index is 12.0. The van der Waals surface area contributed by atoms with Crippen LogP contribution in [-0.2, 0) is 14.3 Å².